The van der Waals surface area contributed by atoms with Gasteiger partial charge < -0.3 is 14.2 Å². The van der Waals surface area contributed by atoms with E-state index in [1.165, 1.54) is 121 Å². The summed E-state index contributed by atoms with van der Waals surface area (Å²) in [5.41, 5.74) is 4.66. The molecule has 7 rings (SSSR count). The predicted molar refractivity (Wildman–Crippen MR) is 217 cm³/mol. The number of hydrogen-bond donors (Lipinski definition) is 0. The van der Waals surface area contributed by atoms with E-state index in [-0.39, 0.29) is 11.2 Å². The molecule has 0 aromatic carbocycles. The van der Waals surface area contributed by atoms with Crippen molar-refractivity contribution in [2.24, 2.45) is 50.7 Å². The minimum atomic E-state index is 0.207. The van der Waals surface area contributed by atoms with E-state index in [1.807, 2.05) is 0 Å². The van der Waals surface area contributed by atoms with E-state index in [4.69, 9.17) is 14.2 Å². The largest absolute Gasteiger partial charge is 0.378 e. The zero-order chi connectivity index (χ0) is 37.3. The van der Waals surface area contributed by atoms with E-state index in [0.29, 0.717) is 33.2 Å². The Morgan fingerprint density at radius 2 is 1.00 bits per heavy atom. The van der Waals surface area contributed by atoms with Crippen LogP contribution >= 0.6 is 0 Å². The number of allylic oxidation sites excluding steroid dienone is 1. The van der Waals surface area contributed by atoms with Crippen molar-refractivity contribution in [1.29, 1.82) is 0 Å². The Labute approximate surface area is 318 Å². The van der Waals surface area contributed by atoms with Gasteiger partial charge in [0.1, 0.15) is 0 Å². The number of rotatable bonds is 0. The Bertz CT molecular complexity index is 1090. The fraction of sp³-hybridized carbons (Fsp3) is 0.958. The first-order valence-electron chi connectivity index (χ1n) is 22.3. The van der Waals surface area contributed by atoms with Gasteiger partial charge in [0, 0.05) is 13.2 Å². The van der Waals surface area contributed by atoms with Gasteiger partial charge in [0.05, 0.1) is 23.9 Å². The summed E-state index contributed by atoms with van der Waals surface area (Å²) in [5.74, 6) is 3.47. The minimum absolute atomic E-state index is 0.207. The monoisotopic (exact) mass is 711 g/mol. The molecule has 0 unspecified atom stereocenters. The van der Waals surface area contributed by atoms with E-state index in [1.54, 1.807) is 0 Å². The van der Waals surface area contributed by atoms with Crippen LogP contribution in [-0.4, -0.2) is 37.1 Å². The van der Waals surface area contributed by atoms with Crippen molar-refractivity contribution in [3.05, 3.63) is 11.6 Å². The van der Waals surface area contributed by atoms with E-state index < -0.39 is 0 Å². The lowest BCUT2D eigenvalue weighted by Gasteiger charge is -2.60. The van der Waals surface area contributed by atoms with Gasteiger partial charge in [-0.3, -0.25) is 0 Å². The highest BCUT2D eigenvalue weighted by Crippen LogP contribution is 2.66. The first-order valence-corrected chi connectivity index (χ1v) is 22.3. The molecule has 296 valence electrons. The highest BCUT2D eigenvalue weighted by atomic mass is 16.5. The minimum Gasteiger partial charge on any atom is -0.378 e. The van der Waals surface area contributed by atoms with Crippen molar-refractivity contribution in [1.82, 2.24) is 0 Å². The summed E-state index contributed by atoms with van der Waals surface area (Å²) in [6.45, 7) is 32.2. The van der Waals surface area contributed by atoms with Gasteiger partial charge in [0.25, 0.3) is 0 Å². The molecule has 3 heterocycles. The van der Waals surface area contributed by atoms with Crippen molar-refractivity contribution in [2.75, 3.05) is 19.8 Å². The molecule has 6 fully saturated rings. The SMILES string of the molecule is C/C1=C/CCO[C@@H](C)CCCC(C)(C)CCC1.CC1(C)CCC[C@@]2(C)[C@H]1CC[C@@]1(C)OCC[C@@H]21.CC1(C)CCC[C@@]2(C)[C@H]1CC[C@]1(C)OCC[C@@H]21. The summed E-state index contributed by atoms with van der Waals surface area (Å²) in [4.78, 5) is 0. The molecule has 0 radical (unpaired) electrons. The summed E-state index contributed by atoms with van der Waals surface area (Å²) < 4.78 is 18.1. The van der Waals surface area contributed by atoms with Gasteiger partial charge >= 0.3 is 0 Å². The van der Waals surface area contributed by atoms with Crippen LogP contribution in [0.4, 0.5) is 0 Å². The first kappa shape index (κ1) is 41.8. The van der Waals surface area contributed by atoms with Gasteiger partial charge in [-0.2, -0.15) is 0 Å². The summed E-state index contributed by atoms with van der Waals surface area (Å²) >= 11 is 0. The second-order valence-electron chi connectivity index (χ2n) is 22.3. The van der Waals surface area contributed by atoms with Crippen LogP contribution in [0.15, 0.2) is 11.6 Å². The number of fused-ring (bicyclic) bond motifs is 6. The molecule has 3 heteroatoms. The molecule has 0 aromatic rings. The smallest absolute Gasteiger partial charge is 0.0688 e. The molecule has 0 aromatic heterocycles. The third kappa shape index (κ3) is 9.20. The maximum Gasteiger partial charge on any atom is 0.0688 e. The molecule has 3 aliphatic heterocycles. The number of hydrogen-bond acceptors (Lipinski definition) is 3. The van der Waals surface area contributed by atoms with E-state index in [2.05, 4.69) is 89.2 Å². The summed E-state index contributed by atoms with van der Waals surface area (Å²) in [6, 6.07) is 0. The lowest BCUT2D eigenvalue weighted by atomic mass is 9.45. The van der Waals surface area contributed by atoms with Crippen LogP contribution in [0.2, 0.25) is 0 Å². The standard InChI is InChI=1S/2C16H28O.C16H30O/c2*1-14(2)8-5-9-15(3)12(14)6-10-16(4)13(15)7-11-17-16;1-14-8-5-11-16(3,4)12-6-10-15(2)17-13-7-9-14/h2*12-13H,5-11H2,1-4H3;9,15H,5-8,10-13H2,1-4H3/b;;14-9-/t12-,13-,15-,16+;12-,13-,15-,16-;15-/m000/s1. The third-order valence-electron chi connectivity index (χ3n) is 17.1. The first-order chi connectivity index (χ1) is 23.8. The van der Waals surface area contributed by atoms with Crippen LogP contribution in [0, 0.1) is 50.7 Å². The van der Waals surface area contributed by atoms with E-state index >= 15 is 0 Å². The summed E-state index contributed by atoms with van der Waals surface area (Å²) in [5, 5.41) is 0. The molecular weight excluding hydrogens is 625 g/mol. The molecule has 7 aliphatic rings. The molecule has 4 saturated carbocycles. The zero-order valence-electron chi connectivity index (χ0n) is 36.2. The Kier molecular flexibility index (Phi) is 13.1. The van der Waals surface area contributed by atoms with Crippen molar-refractivity contribution < 1.29 is 14.2 Å². The van der Waals surface area contributed by atoms with Gasteiger partial charge in [0.15, 0.2) is 0 Å². The summed E-state index contributed by atoms with van der Waals surface area (Å²) in [6.07, 6.45) is 28.2. The van der Waals surface area contributed by atoms with Gasteiger partial charge in [-0.15, -0.1) is 0 Å². The normalized spacial score (nSPS) is 45.8. The van der Waals surface area contributed by atoms with Gasteiger partial charge in [-0.05, 0) is 181 Å². The Balaban J connectivity index is 0.000000148. The second kappa shape index (κ2) is 16.0. The average Bonchev–Trinajstić information content (AvgIpc) is 3.63. The molecule has 0 amide bonds. The Hall–Kier alpha value is -0.380. The number of ether oxygens (including phenoxy) is 3. The lowest BCUT2D eigenvalue weighted by Crippen LogP contribution is -2.55. The molecule has 51 heavy (non-hydrogen) atoms. The van der Waals surface area contributed by atoms with Crippen LogP contribution in [0.5, 0.6) is 0 Å². The van der Waals surface area contributed by atoms with Gasteiger partial charge in [-0.1, -0.05) is 86.3 Å². The van der Waals surface area contributed by atoms with Crippen LogP contribution < -0.4 is 0 Å². The Morgan fingerprint density at radius 3 is 1.51 bits per heavy atom. The molecule has 0 bridgehead atoms. The molecular formula is C48H86O3. The van der Waals surface area contributed by atoms with Crippen LogP contribution in [0.3, 0.4) is 0 Å². The predicted octanol–water partition coefficient (Wildman–Crippen LogP) is 13.9. The lowest BCUT2D eigenvalue weighted by molar-refractivity contribution is -0.147. The Morgan fingerprint density at radius 1 is 0.510 bits per heavy atom. The van der Waals surface area contributed by atoms with E-state index in [9.17, 15) is 0 Å². The molecule has 0 N–H and O–H groups in total. The molecule has 0 spiro atoms. The third-order valence-corrected chi connectivity index (χ3v) is 17.1. The highest BCUT2D eigenvalue weighted by Gasteiger charge is 2.61. The fourth-order valence-electron chi connectivity index (χ4n) is 14.2. The molecule has 4 aliphatic carbocycles. The molecule has 3 nitrogen and oxygen atoms in total. The molecule has 9 atom stereocenters. The molecule has 2 saturated heterocycles. The second-order valence-corrected chi connectivity index (χ2v) is 22.3. The van der Waals surface area contributed by atoms with Gasteiger partial charge in [-0.25, -0.2) is 0 Å². The maximum absolute atomic E-state index is 6.13. The van der Waals surface area contributed by atoms with Gasteiger partial charge in [0.2, 0.25) is 0 Å². The van der Waals surface area contributed by atoms with Crippen molar-refractivity contribution in [3.8, 4) is 0 Å². The fourth-order valence-corrected chi connectivity index (χ4v) is 14.2. The average molecular weight is 711 g/mol. The summed E-state index contributed by atoms with van der Waals surface area (Å²) in [7, 11) is 0. The van der Waals surface area contributed by atoms with Crippen LogP contribution in [0.1, 0.15) is 205 Å². The maximum atomic E-state index is 6.13. The highest BCUT2D eigenvalue weighted by molar-refractivity contribution is 5.11. The quantitative estimate of drug-likeness (QED) is 0.234. The topological polar surface area (TPSA) is 27.7 Å². The van der Waals surface area contributed by atoms with E-state index in [0.717, 1.165) is 49.9 Å². The van der Waals surface area contributed by atoms with Crippen LogP contribution in [0.25, 0.3) is 0 Å². The van der Waals surface area contributed by atoms with Crippen molar-refractivity contribution in [2.45, 2.75) is 222 Å². The van der Waals surface area contributed by atoms with Crippen molar-refractivity contribution in [3.63, 3.8) is 0 Å². The van der Waals surface area contributed by atoms with Crippen molar-refractivity contribution >= 4 is 0 Å². The van der Waals surface area contributed by atoms with Crippen LogP contribution in [-0.2, 0) is 14.2 Å². The zero-order valence-corrected chi connectivity index (χ0v) is 36.2.